The second-order valence-electron chi connectivity index (χ2n) is 5.88. The first kappa shape index (κ1) is 18.9. The summed E-state index contributed by atoms with van der Waals surface area (Å²) in [7, 11) is 1.63. The molecule has 6 heteroatoms. The van der Waals surface area contributed by atoms with Gasteiger partial charge in [0.2, 0.25) is 0 Å². The van der Waals surface area contributed by atoms with Gasteiger partial charge in [-0.25, -0.2) is 4.79 Å². The molecule has 1 N–H and O–H groups in total. The van der Waals surface area contributed by atoms with Gasteiger partial charge < -0.3 is 15.0 Å². The normalized spacial score (nSPS) is 11.8. The van der Waals surface area contributed by atoms with Gasteiger partial charge >= 0.3 is 6.03 Å². The number of hydrogen-bond donors (Lipinski definition) is 1. The number of pyridine rings is 2. The number of rotatable bonds is 8. The van der Waals surface area contributed by atoms with Crippen molar-refractivity contribution in [3.8, 4) is 0 Å². The quantitative estimate of drug-likeness (QED) is 0.800. The Labute approximate surface area is 149 Å². The van der Waals surface area contributed by atoms with Gasteiger partial charge in [0.25, 0.3) is 0 Å². The fourth-order valence-electron chi connectivity index (χ4n) is 2.55. The van der Waals surface area contributed by atoms with Crippen LogP contribution in [-0.4, -0.2) is 41.2 Å². The van der Waals surface area contributed by atoms with E-state index < -0.39 is 0 Å². The molecule has 2 aromatic heterocycles. The molecular formula is C19H26N4O2. The van der Waals surface area contributed by atoms with Crippen LogP contribution in [0.3, 0.4) is 0 Å². The zero-order valence-corrected chi connectivity index (χ0v) is 15.1. The summed E-state index contributed by atoms with van der Waals surface area (Å²) < 4.78 is 5.15. The predicted octanol–water partition coefficient (Wildman–Crippen LogP) is 3.09. The van der Waals surface area contributed by atoms with Gasteiger partial charge in [0.15, 0.2) is 0 Å². The monoisotopic (exact) mass is 342 g/mol. The fraction of sp³-hybridized carbons (Fsp3) is 0.421. The molecular weight excluding hydrogens is 316 g/mol. The van der Waals surface area contributed by atoms with E-state index in [1.807, 2.05) is 44.2 Å². The van der Waals surface area contributed by atoms with Crippen molar-refractivity contribution in [1.29, 1.82) is 0 Å². The number of carbonyl (C=O) groups is 1. The zero-order valence-electron chi connectivity index (χ0n) is 15.1. The molecule has 25 heavy (non-hydrogen) atoms. The third-order valence-electron chi connectivity index (χ3n) is 3.95. The second-order valence-corrected chi connectivity index (χ2v) is 5.88. The number of urea groups is 1. The maximum absolute atomic E-state index is 12.8. The van der Waals surface area contributed by atoms with Crippen LogP contribution in [-0.2, 0) is 11.3 Å². The van der Waals surface area contributed by atoms with E-state index >= 15 is 0 Å². The molecule has 2 aromatic rings. The van der Waals surface area contributed by atoms with Crippen LogP contribution in [0.2, 0.25) is 0 Å². The lowest BCUT2D eigenvalue weighted by molar-refractivity contribution is 0.144. The van der Waals surface area contributed by atoms with Gasteiger partial charge in [0.05, 0.1) is 18.3 Å². The molecule has 0 unspecified atom stereocenters. The van der Waals surface area contributed by atoms with Crippen molar-refractivity contribution in [3.05, 3.63) is 59.7 Å². The van der Waals surface area contributed by atoms with Crippen molar-refractivity contribution in [3.63, 3.8) is 0 Å². The van der Waals surface area contributed by atoms with Crippen molar-refractivity contribution in [2.75, 3.05) is 20.3 Å². The molecule has 6 nitrogen and oxygen atoms in total. The fourth-order valence-corrected chi connectivity index (χ4v) is 2.55. The number of nitrogens with one attached hydrogen (secondary N) is 1. The highest BCUT2D eigenvalue weighted by molar-refractivity contribution is 5.74. The third-order valence-corrected chi connectivity index (χ3v) is 3.95. The first-order chi connectivity index (χ1) is 12.1. The van der Waals surface area contributed by atoms with Gasteiger partial charge in [-0.2, -0.15) is 0 Å². The maximum Gasteiger partial charge on any atom is 0.318 e. The first-order valence-electron chi connectivity index (χ1n) is 8.51. The molecule has 0 aromatic carbocycles. The largest absolute Gasteiger partial charge is 0.383 e. The smallest absolute Gasteiger partial charge is 0.318 e. The second kappa shape index (κ2) is 9.74. The van der Waals surface area contributed by atoms with Gasteiger partial charge in [-0.15, -0.1) is 0 Å². The van der Waals surface area contributed by atoms with Crippen LogP contribution in [0, 0.1) is 6.92 Å². The standard InChI is InChI=1S/C19H26N4O2/c1-4-17(18-7-5-6-15(2)21-18)22-19(24)23(12-13-25-3)14-16-8-10-20-11-9-16/h5-11,17H,4,12-14H2,1-3H3,(H,22,24)/t17-/m0/s1. The Morgan fingerprint density at radius 1 is 1.28 bits per heavy atom. The Hall–Kier alpha value is -2.47. The van der Waals surface area contributed by atoms with E-state index in [0.29, 0.717) is 19.7 Å². The molecule has 0 bridgehead atoms. The lowest BCUT2D eigenvalue weighted by Gasteiger charge is -2.26. The molecule has 0 fully saturated rings. The molecule has 2 amide bonds. The minimum atomic E-state index is -0.121. The van der Waals surface area contributed by atoms with Gasteiger partial charge in [-0.05, 0) is 43.2 Å². The van der Waals surface area contributed by atoms with Crippen LogP contribution in [0.5, 0.6) is 0 Å². The van der Waals surface area contributed by atoms with Gasteiger partial charge in [-0.3, -0.25) is 9.97 Å². The Balaban J connectivity index is 2.08. The summed E-state index contributed by atoms with van der Waals surface area (Å²) in [6.45, 7) is 5.50. The van der Waals surface area contributed by atoms with E-state index in [1.165, 1.54) is 0 Å². The summed E-state index contributed by atoms with van der Waals surface area (Å²) >= 11 is 0. The van der Waals surface area contributed by atoms with Gasteiger partial charge in [0.1, 0.15) is 0 Å². The van der Waals surface area contributed by atoms with E-state index in [-0.39, 0.29) is 12.1 Å². The number of methoxy groups -OCH3 is 1. The Morgan fingerprint density at radius 2 is 2.04 bits per heavy atom. The summed E-state index contributed by atoms with van der Waals surface area (Å²) in [6, 6.07) is 9.44. The summed E-state index contributed by atoms with van der Waals surface area (Å²) in [5.41, 5.74) is 2.85. The molecule has 134 valence electrons. The molecule has 2 heterocycles. The van der Waals surface area contributed by atoms with Crippen molar-refractivity contribution in [2.24, 2.45) is 0 Å². The molecule has 0 spiro atoms. The number of aromatic nitrogens is 2. The summed E-state index contributed by atoms with van der Waals surface area (Å²) in [5.74, 6) is 0. The Kier molecular flexibility index (Phi) is 7.35. The lowest BCUT2D eigenvalue weighted by Crippen LogP contribution is -2.42. The average molecular weight is 342 g/mol. The van der Waals surface area contributed by atoms with Crippen LogP contribution in [0.15, 0.2) is 42.7 Å². The number of amides is 2. The molecule has 0 aliphatic rings. The SMILES string of the molecule is CC[C@H](NC(=O)N(CCOC)Cc1ccncc1)c1cccc(C)n1. The third kappa shape index (κ3) is 5.83. The topological polar surface area (TPSA) is 67.4 Å². The van der Waals surface area contributed by atoms with E-state index in [2.05, 4.69) is 15.3 Å². The Bertz CT molecular complexity index is 663. The molecule has 0 aliphatic heterocycles. The number of hydrogen-bond acceptors (Lipinski definition) is 4. The van der Waals surface area contributed by atoms with E-state index in [4.69, 9.17) is 4.74 Å². The van der Waals surface area contributed by atoms with Crippen molar-refractivity contribution >= 4 is 6.03 Å². The first-order valence-corrected chi connectivity index (χ1v) is 8.51. The van der Waals surface area contributed by atoms with Gasteiger partial charge in [0, 0.05) is 38.3 Å². The molecule has 2 rings (SSSR count). The van der Waals surface area contributed by atoms with Crippen molar-refractivity contribution in [1.82, 2.24) is 20.2 Å². The van der Waals surface area contributed by atoms with E-state index in [9.17, 15) is 4.79 Å². The molecule has 0 radical (unpaired) electrons. The molecule has 1 atom stereocenters. The predicted molar refractivity (Wildman–Crippen MR) is 97.1 cm³/mol. The molecule has 0 aliphatic carbocycles. The zero-order chi connectivity index (χ0) is 18.1. The van der Waals surface area contributed by atoms with Crippen LogP contribution < -0.4 is 5.32 Å². The number of aryl methyl sites for hydroxylation is 1. The lowest BCUT2D eigenvalue weighted by atomic mass is 10.1. The number of carbonyl (C=O) groups excluding carboxylic acids is 1. The Morgan fingerprint density at radius 3 is 2.68 bits per heavy atom. The maximum atomic E-state index is 12.8. The van der Waals surface area contributed by atoms with E-state index in [0.717, 1.165) is 23.4 Å². The van der Waals surface area contributed by atoms with Crippen LogP contribution in [0.1, 0.15) is 36.3 Å². The summed E-state index contributed by atoms with van der Waals surface area (Å²) in [4.78, 5) is 23.1. The highest BCUT2D eigenvalue weighted by atomic mass is 16.5. The van der Waals surface area contributed by atoms with Crippen LogP contribution in [0.4, 0.5) is 4.79 Å². The highest BCUT2D eigenvalue weighted by Gasteiger charge is 2.19. The number of ether oxygens (including phenoxy) is 1. The van der Waals surface area contributed by atoms with Crippen LogP contribution in [0.25, 0.3) is 0 Å². The summed E-state index contributed by atoms with van der Waals surface area (Å²) in [6.07, 6.45) is 4.23. The average Bonchev–Trinajstić information content (AvgIpc) is 2.63. The van der Waals surface area contributed by atoms with Gasteiger partial charge in [-0.1, -0.05) is 13.0 Å². The molecule has 0 saturated carbocycles. The van der Waals surface area contributed by atoms with Crippen LogP contribution >= 0.6 is 0 Å². The van der Waals surface area contributed by atoms with Crippen molar-refractivity contribution < 1.29 is 9.53 Å². The molecule has 0 saturated heterocycles. The minimum absolute atomic E-state index is 0.116. The van der Waals surface area contributed by atoms with Crippen molar-refractivity contribution in [2.45, 2.75) is 32.9 Å². The van der Waals surface area contributed by atoms with E-state index in [1.54, 1.807) is 24.4 Å². The highest BCUT2D eigenvalue weighted by Crippen LogP contribution is 2.15. The number of nitrogens with zero attached hydrogens (tertiary/aromatic N) is 3. The summed E-state index contributed by atoms with van der Waals surface area (Å²) in [5, 5.41) is 3.09. The minimum Gasteiger partial charge on any atom is -0.383 e.